The highest BCUT2D eigenvalue weighted by molar-refractivity contribution is 5.80. The molecule has 0 saturated heterocycles. The van der Waals surface area contributed by atoms with E-state index in [0.717, 1.165) is 6.07 Å². The van der Waals surface area contributed by atoms with E-state index >= 15 is 0 Å². The first-order valence-corrected chi connectivity index (χ1v) is 6.15. The highest BCUT2D eigenvalue weighted by atomic mass is 19.4. The van der Waals surface area contributed by atoms with E-state index in [2.05, 4.69) is 10.2 Å². The third-order valence-corrected chi connectivity index (χ3v) is 3.23. The largest absolute Gasteiger partial charge is 0.417 e. The number of hydrogen-bond donors (Lipinski definition) is 1. The Hall–Kier alpha value is -2.57. The summed E-state index contributed by atoms with van der Waals surface area (Å²) in [6.45, 7) is 1.61. The zero-order valence-corrected chi connectivity index (χ0v) is 11.0. The van der Waals surface area contributed by atoms with Crippen molar-refractivity contribution in [3.8, 4) is 11.3 Å². The molecule has 0 spiro atoms. The molecule has 0 atom stereocenters. The smallest absolute Gasteiger partial charge is 0.368 e. The second-order valence-electron chi connectivity index (χ2n) is 4.72. The van der Waals surface area contributed by atoms with Crippen LogP contribution >= 0.6 is 0 Å². The number of alkyl halides is 3. The molecular weight excluding hydrogens is 281 g/mol. The molecule has 3 aromatic rings. The Labute approximate surface area is 118 Å². The van der Waals surface area contributed by atoms with Crippen LogP contribution in [-0.2, 0) is 6.18 Å². The first-order valence-electron chi connectivity index (χ1n) is 6.15. The van der Waals surface area contributed by atoms with Gasteiger partial charge in [0.15, 0.2) is 0 Å². The highest BCUT2D eigenvalue weighted by Gasteiger charge is 2.34. The van der Waals surface area contributed by atoms with Crippen LogP contribution in [0.15, 0.2) is 36.5 Å². The summed E-state index contributed by atoms with van der Waals surface area (Å²) in [5.41, 5.74) is 6.09. The van der Waals surface area contributed by atoms with Crippen molar-refractivity contribution in [3.05, 3.63) is 47.7 Å². The predicted molar refractivity (Wildman–Crippen MR) is 72.6 cm³/mol. The molecule has 0 fully saturated rings. The van der Waals surface area contributed by atoms with Crippen LogP contribution in [0.25, 0.3) is 16.8 Å². The molecule has 0 aliphatic carbocycles. The van der Waals surface area contributed by atoms with Gasteiger partial charge in [-0.2, -0.15) is 13.2 Å². The molecule has 0 bridgehead atoms. The van der Waals surface area contributed by atoms with Crippen molar-refractivity contribution in [1.82, 2.24) is 14.6 Å². The first kappa shape index (κ1) is 13.4. The quantitative estimate of drug-likeness (QED) is 0.748. The van der Waals surface area contributed by atoms with Gasteiger partial charge in [0, 0.05) is 11.8 Å². The van der Waals surface area contributed by atoms with Crippen LogP contribution in [-0.4, -0.2) is 14.6 Å². The number of anilines is 1. The fourth-order valence-corrected chi connectivity index (χ4v) is 2.27. The van der Waals surface area contributed by atoms with Gasteiger partial charge in [-0.05, 0) is 25.1 Å². The lowest BCUT2D eigenvalue weighted by Crippen LogP contribution is -2.10. The van der Waals surface area contributed by atoms with Gasteiger partial charge in [0.25, 0.3) is 0 Å². The standard InChI is InChI=1S/C14H11F3N4/c1-8-4-5-9(10(7-8)14(15,16)17)12-11-3-2-6-21(11)13(18)20-19-12/h2-7H,1H3,(H2,18,20). The van der Waals surface area contributed by atoms with Crippen molar-refractivity contribution >= 4 is 11.5 Å². The van der Waals surface area contributed by atoms with Crippen LogP contribution in [0.4, 0.5) is 19.1 Å². The third-order valence-electron chi connectivity index (χ3n) is 3.23. The summed E-state index contributed by atoms with van der Waals surface area (Å²) in [6, 6.07) is 7.46. The van der Waals surface area contributed by atoms with Gasteiger partial charge in [-0.3, -0.25) is 4.40 Å². The van der Waals surface area contributed by atoms with Crippen molar-refractivity contribution in [2.24, 2.45) is 0 Å². The fraction of sp³-hybridized carbons (Fsp3) is 0.143. The van der Waals surface area contributed by atoms with Crippen molar-refractivity contribution in [3.63, 3.8) is 0 Å². The molecule has 4 nitrogen and oxygen atoms in total. The minimum Gasteiger partial charge on any atom is -0.368 e. The van der Waals surface area contributed by atoms with Crippen molar-refractivity contribution in [1.29, 1.82) is 0 Å². The second kappa shape index (κ2) is 4.47. The molecule has 7 heteroatoms. The van der Waals surface area contributed by atoms with Crippen LogP contribution in [0, 0.1) is 6.92 Å². The van der Waals surface area contributed by atoms with E-state index in [1.165, 1.54) is 10.5 Å². The van der Waals surface area contributed by atoms with Crippen LogP contribution in [0.5, 0.6) is 0 Å². The summed E-state index contributed by atoms with van der Waals surface area (Å²) < 4.78 is 41.2. The highest BCUT2D eigenvalue weighted by Crippen LogP contribution is 2.38. The van der Waals surface area contributed by atoms with E-state index in [0.29, 0.717) is 11.1 Å². The third kappa shape index (κ3) is 2.20. The molecule has 108 valence electrons. The molecule has 0 aliphatic heterocycles. The number of nitrogen functional groups attached to an aromatic ring is 1. The Morgan fingerprint density at radius 2 is 1.90 bits per heavy atom. The monoisotopic (exact) mass is 292 g/mol. The van der Waals surface area contributed by atoms with Gasteiger partial charge in [0.05, 0.1) is 11.1 Å². The Bertz CT molecular complexity index is 821. The Kier molecular flexibility index (Phi) is 2.86. The van der Waals surface area contributed by atoms with Gasteiger partial charge in [0.1, 0.15) is 5.69 Å². The van der Waals surface area contributed by atoms with Crippen molar-refractivity contribution in [2.45, 2.75) is 13.1 Å². The summed E-state index contributed by atoms with van der Waals surface area (Å²) in [6.07, 6.45) is -2.84. The molecule has 2 heterocycles. The van der Waals surface area contributed by atoms with E-state index in [9.17, 15) is 13.2 Å². The molecular formula is C14H11F3N4. The number of rotatable bonds is 1. The maximum atomic E-state index is 13.2. The normalized spacial score (nSPS) is 12.0. The van der Waals surface area contributed by atoms with Crippen LogP contribution in [0.2, 0.25) is 0 Å². The van der Waals surface area contributed by atoms with Gasteiger partial charge in [0.2, 0.25) is 5.95 Å². The maximum Gasteiger partial charge on any atom is 0.417 e. The lowest BCUT2D eigenvalue weighted by molar-refractivity contribution is -0.137. The number of hydrogen-bond acceptors (Lipinski definition) is 3. The second-order valence-corrected chi connectivity index (χ2v) is 4.72. The molecule has 0 aliphatic rings. The number of aromatic nitrogens is 3. The fourth-order valence-electron chi connectivity index (χ4n) is 2.27. The van der Waals surface area contributed by atoms with Crippen molar-refractivity contribution < 1.29 is 13.2 Å². The summed E-state index contributed by atoms with van der Waals surface area (Å²) in [4.78, 5) is 0. The van der Waals surface area contributed by atoms with Crippen LogP contribution in [0.3, 0.4) is 0 Å². The lowest BCUT2D eigenvalue weighted by atomic mass is 10.0. The molecule has 0 radical (unpaired) electrons. The molecule has 0 amide bonds. The van der Waals surface area contributed by atoms with Crippen LogP contribution in [0.1, 0.15) is 11.1 Å². The van der Waals surface area contributed by atoms with Crippen LogP contribution < -0.4 is 5.73 Å². The van der Waals surface area contributed by atoms with Gasteiger partial charge in [-0.25, -0.2) is 0 Å². The van der Waals surface area contributed by atoms with Gasteiger partial charge in [-0.1, -0.05) is 17.7 Å². The van der Waals surface area contributed by atoms with E-state index in [4.69, 9.17) is 5.73 Å². The summed E-state index contributed by atoms with van der Waals surface area (Å²) in [7, 11) is 0. The lowest BCUT2D eigenvalue weighted by Gasteiger charge is -2.14. The Morgan fingerprint density at radius 3 is 2.62 bits per heavy atom. The molecule has 0 unspecified atom stereocenters. The summed E-state index contributed by atoms with van der Waals surface area (Å²) in [5.74, 6) is 0.124. The number of benzene rings is 1. The van der Waals surface area contributed by atoms with E-state index in [-0.39, 0.29) is 17.2 Å². The summed E-state index contributed by atoms with van der Waals surface area (Å²) >= 11 is 0. The maximum absolute atomic E-state index is 13.2. The molecule has 2 aromatic heterocycles. The van der Waals surface area contributed by atoms with Gasteiger partial charge >= 0.3 is 6.18 Å². The topological polar surface area (TPSA) is 56.2 Å². The molecule has 21 heavy (non-hydrogen) atoms. The van der Waals surface area contributed by atoms with Gasteiger partial charge in [-0.15, -0.1) is 10.2 Å². The zero-order chi connectivity index (χ0) is 15.2. The first-order chi connectivity index (χ1) is 9.88. The van der Waals surface area contributed by atoms with E-state index in [1.54, 1.807) is 31.3 Å². The number of nitrogens with two attached hydrogens (primary N) is 1. The number of nitrogens with zero attached hydrogens (tertiary/aromatic N) is 3. The molecule has 0 saturated carbocycles. The van der Waals surface area contributed by atoms with E-state index in [1.807, 2.05) is 0 Å². The Morgan fingerprint density at radius 1 is 1.14 bits per heavy atom. The predicted octanol–water partition coefficient (Wildman–Crippen LogP) is 3.31. The number of aryl methyl sites for hydroxylation is 1. The number of halogens is 3. The number of fused-ring (bicyclic) bond motifs is 1. The minimum absolute atomic E-state index is 0.00991. The van der Waals surface area contributed by atoms with Crippen molar-refractivity contribution in [2.75, 3.05) is 5.73 Å². The average Bonchev–Trinajstić information content (AvgIpc) is 2.89. The van der Waals surface area contributed by atoms with Gasteiger partial charge < -0.3 is 5.73 Å². The minimum atomic E-state index is -4.46. The van der Waals surface area contributed by atoms with E-state index < -0.39 is 11.7 Å². The molecule has 1 aromatic carbocycles. The Balaban J connectivity index is 2.34. The zero-order valence-electron chi connectivity index (χ0n) is 11.0. The SMILES string of the molecule is Cc1ccc(-c2nnc(N)n3cccc23)c(C(F)(F)F)c1. The average molecular weight is 292 g/mol. The molecule has 2 N–H and O–H groups in total. The summed E-state index contributed by atoms with van der Waals surface area (Å²) in [5, 5.41) is 7.58. The molecule has 3 rings (SSSR count).